The standard InChI is InChI=1S/C60H39N3S3/c1-5-17-40(18-6-1)61(41-19-7-2-8-20-41)47-38-53-52-36-45(62(42-21-9-3-10-22-42)44-29-32-57-50(35-44)48-25-13-15-27-55(48)64-57)30-34-59(52)66-60(53)54(39-47)63(43-23-11-4-12-24-43)46-31-33-58-51(37-46)49-26-14-16-28-56(49)65-58/h1-39H. The smallest absolute Gasteiger partial charge is 0.0661 e. The summed E-state index contributed by atoms with van der Waals surface area (Å²) in [6.07, 6.45) is 0. The van der Waals surface area contributed by atoms with Crippen molar-refractivity contribution in [2.45, 2.75) is 0 Å². The summed E-state index contributed by atoms with van der Waals surface area (Å²) < 4.78 is 7.65. The van der Waals surface area contributed by atoms with Gasteiger partial charge in [0.2, 0.25) is 0 Å². The lowest BCUT2D eigenvalue weighted by Gasteiger charge is -2.30. The fourth-order valence-electron chi connectivity index (χ4n) is 9.60. The molecule has 3 heterocycles. The van der Waals surface area contributed by atoms with Gasteiger partial charge in [-0.3, -0.25) is 0 Å². The van der Waals surface area contributed by atoms with E-state index < -0.39 is 0 Å². The van der Waals surface area contributed by atoms with Crippen molar-refractivity contribution in [3.8, 4) is 0 Å². The summed E-state index contributed by atoms with van der Waals surface area (Å²) in [4.78, 5) is 7.28. The number of benzene rings is 10. The van der Waals surface area contributed by atoms with E-state index in [2.05, 4.69) is 251 Å². The second kappa shape index (κ2) is 16.1. The summed E-state index contributed by atoms with van der Waals surface area (Å²) in [5.41, 5.74) is 9.97. The Morgan fingerprint density at radius 1 is 0.212 bits per heavy atom. The molecule has 0 aliphatic rings. The molecule has 0 bridgehead atoms. The first-order chi connectivity index (χ1) is 32.7. The van der Waals surface area contributed by atoms with Crippen molar-refractivity contribution in [3.05, 3.63) is 237 Å². The van der Waals surface area contributed by atoms with Crippen molar-refractivity contribution in [1.82, 2.24) is 0 Å². The molecule has 0 aliphatic heterocycles. The topological polar surface area (TPSA) is 9.72 Å². The Morgan fingerprint density at radius 3 is 1.02 bits per heavy atom. The van der Waals surface area contributed by atoms with Gasteiger partial charge in [-0.15, -0.1) is 34.0 Å². The SMILES string of the molecule is c1ccc(N(c2ccc3sc4ccccc4c3c2)c2ccc3sc4c(N(c5ccccc5)c5ccc6sc7ccccc7c6c5)cc(N(c5ccccc5)c5ccccc5)cc4c3c2)cc1. The number of fused-ring (bicyclic) bond motifs is 9. The van der Waals surface area contributed by atoms with Gasteiger partial charge < -0.3 is 14.7 Å². The predicted octanol–water partition coefficient (Wildman–Crippen LogP) is 19.2. The molecule has 0 saturated heterocycles. The van der Waals surface area contributed by atoms with Gasteiger partial charge in [-0.05, 0) is 127 Å². The number of hydrogen-bond donors (Lipinski definition) is 0. The van der Waals surface area contributed by atoms with Crippen LogP contribution in [0.3, 0.4) is 0 Å². The zero-order valence-electron chi connectivity index (χ0n) is 35.6. The fraction of sp³-hybridized carbons (Fsp3) is 0. The van der Waals surface area contributed by atoms with Crippen LogP contribution in [0.5, 0.6) is 0 Å². The highest BCUT2D eigenvalue weighted by atomic mass is 32.1. The van der Waals surface area contributed by atoms with Gasteiger partial charge >= 0.3 is 0 Å². The monoisotopic (exact) mass is 897 g/mol. The molecular weight excluding hydrogens is 859 g/mol. The van der Waals surface area contributed by atoms with Gasteiger partial charge in [0.1, 0.15) is 0 Å². The Morgan fingerprint density at radius 2 is 0.545 bits per heavy atom. The average molecular weight is 898 g/mol. The van der Waals surface area contributed by atoms with Crippen molar-refractivity contribution >= 4 is 146 Å². The molecule has 0 atom stereocenters. The van der Waals surface area contributed by atoms with Crippen molar-refractivity contribution in [1.29, 1.82) is 0 Å². The van der Waals surface area contributed by atoms with Crippen LogP contribution in [0.15, 0.2) is 237 Å². The molecule has 0 saturated carbocycles. The van der Waals surface area contributed by atoms with E-state index in [1.165, 1.54) is 60.5 Å². The molecule has 0 N–H and O–H groups in total. The number of hydrogen-bond acceptors (Lipinski definition) is 6. The van der Waals surface area contributed by atoms with Gasteiger partial charge in [0, 0.05) is 101 Å². The maximum Gasteiger partial charge on any atom is 0.0661 e. The van der Waals surface area contributed by atoms with E-state index in [-0.39, 0.29) is 0 Å². The number of rotatable bonds is 9. The Kier molecular flexibility index (Phi) is 9.41. The Bertz CT molecular complexity index is 3860. The first kappa shape index (κ1) is 38.7. The lowest BCUT2D eigenvalue weighted by Crippen LogP contribution is -2.13. The summed E-state index contributed by atoms with van der Waals surface area (Å²) in [5.74, 6) is 0. The van der Waals surface area contributed by atoms with Crippen molar-refractivity contribution in [2.75, 3.05) is 14.7 Å². The summed E-state index contributed by atoms with van der Waals surface area (Å²) in [7, 11) is 0. The highest BCUT2D eigenvalue weighted by Crippen LogP contribution is 2.51. The largest absolute Gasteiger partial charge is 0.310 e. The first-order valence-corrected chi connectivity index (χ1v) is 24.6. The summed E-state index contributed by atoms with van der Waals surface area (Å²) in [6.45, 7) is 0. The van der Waals surface area contributed by atoms with Crippen molar-refractivity contribution < 1.29 is 0 Å². The second-order valence-corrected chi connectivity index (χ2v) is 19.7. The molecule has 10 aromatic carbocycles. The zero-order chi connectivity index (χ0) is 43.6. The molecule has 0 radical (unpaired) electrons. The molecule has 3 aromatic heterocycles. The first-order valence-electron chi connectivity index (χ1n) is 22.2. The van der Waals surface area contributed by atoms with E-state index in [0.29, 0.717) is 0 Å². The van der Waals surface area contributed by atoms with Gasteiger partial charge in [-0.2, -0.15) is 0 Å². The van der Waals surface area contributed by atoms with Gasteiger partial charge in [0.25, 0.3) is 0 Å². The van der Waals surface area contributed by atoms with Crippen LogP contribution in [0, 0.1) is 0 Å². The van der Waals surface area contributed by atoms with Crippen LogP contribution in [-0.4, -0.2) is 0 Å². The molecule has 0 spiro atoms. The van der Waals surface area contributed by atoms with Crippen LogP contribution in [-0.2, 0) is 0 Å². The highest BCUT2D eigenvalue weighted by molar-refractivity contribution is 7.27. The van der Waals surface area contributed by atoms with Crippen molar-refractivity contribution in [2.24, 2.45) is 0 Å². The zero-order valence-corrected chi connectivity index (χ0v) is 38.0. The van der Waals surface area contributed by atoms with E-state index in [9.17, 15) is 0 Å². The lowest BCUT2D eigenvalue weighted by atomic mass is 10.1. The average Bonchev–Trinajstić information content (AvgIpc) is 4.07. The van der Waals surface area contributed by atoms with Gasteiger partial charge in [-0.1, -0.05) is 109 Å². The summed E-state index contributed by atoms with van der Waals surface area (Å²) >= 11 is 5.58. The second-order valence-electron chi connectivity index (χ2n) is 16.5. The van der Waals surface area contributed by atoms with Gasteiger partial charge in [0.15, 0.2) is 0 Å². The molecular formula is C60H39N3S3. The van der Waals surface area contributed by atoms with E-state index in [0.717, 1.165) is 51.2 Å². The quantitative estimate of drug-likeness (QED) is 0.143. The van der Waals surface area contributed by atoms with Crippen molar-refractivity contribution in [3.63, 3.8) is 0 Å². The molecule has 312 valence electrons. The third-order valence-corrected chi connectivity index (χ3v) is 16.1. The summed E-state index contributed by atoms with van der Waals surface area (Å²) in [6, 6.07) is 86.5. The Balaban J connectivity index is 1.08. The van der Waals surface area contributed by atoms with Crippen LogP contribution >= 0.6 is 34.0 Å². The Labute approximate surface area is 394 Å². The fourth-order valence-corrected chi connectivity index (χ4v) is 12.9. The van der Waals surface area contributed by atoms with Crippen LogP contribution in [0.4, 0.5) is 51.2 Å². The maximum atomic E-state index is 2.47. The van der Waals surface area contributed by atoms with Crippen LogP contribution < -0.4 is 14.7 Å². The molecule has 0 fully saturated rings. The molecule has 0 aliphatic carbocycles. The van der Waals surface area contributed by atoms with Crippen LogP contribution in [0.25, 0.3) is 60.5 Å². The molecule has 6 heteroatoms. The Hall–Kier alpha value is -7.74. The van der Waals surface area contributed by atoms with E-state index in [1.54, 1.807) is 0 Å². The highest BCUT2D eigenvalue weighted by Gasteiger charge is 2.24. The molecule has 13 rings (SSSR count). The minimum absolute atomic E-state index is 1.08. The number of para-hydroxylation sites is 4. The summed E-state index contributed by atoms with van der Waals surface area (Å²) in [5, 5.41) is 7.55. The maximum absolute atomic E-state index is 2.47. The van der Waals surface area contributed by atoms with E-state index in [4.69, 9.17) is 0 Å². The molecule has 13 aromatic rings. The molecule has 3 nitrogen and oxygen atoms in total. The predicted molar refractivity (Wildman–Crippen MR) is 289 cm³/mol. The minimum atomic E-state index is 1.08. The lowest BCUT2D eigenvalue weighted by molar-refractivity contribution is 1.27. The molecule has 66 heavy (non-hydrogen) atoms. The third kappa shape index (κ3) is 6.61. The van der Waals surface area contributed by atoms with Gasteiger partial charge in [-0.25, -0.2) is 0 Å². The van der Waals surface area contributed by atoms with Crippen LogP contribution in [0.2, 0.25) is 0 Å². The third-order valence-electron chi connectivity index (χ3n) is 12.6. The van der Waals surface area contributed by atoms with E-state index >= 15 is 0 Å². The van der Waals surface area contributed by atoms with E-state index in [1.807, 2.05) is 34.0 Å². The van der Waals surface area contributed by atoms with Crippen LogP contribution in [0.1, 0.15) is 0 Å². The molecule has 0 unspecified atom stereocenters. The number of thiophene rings is 3. The molecule has 0 amide bonds. The number of anilines is 9. The number of nitrogens with zero attached hydrogens (tertiary/aromatic N) is 3. The normalized spacial score (nSPS) is 11.6. The van der Waals surface area contributed by atoms with Gasteiger partial charge in [0.05, 0.1) is 10.4 Å². The minimum Gasteiger partial charge on any atom is -0.310 e.